The number of nitrogens with two attached hydrogens (primary N) is 1. The highest BCUT2D eigenvalue weighted by molar-refractivity contribution is 6.02. The maximum absolute atomic E-state index is 14.3. The van der Waals surface area contributed by atoms with Crippen molar-refractivity contribution in [3.8, 4) is 17.1 Å². The first-order valence-corrected chi connectivity index (χ1v) is 8.00. The average molecular weight is 403 g/mol. The van der Waals surface area contributed by atoms with Gasteiger partial charge < -0.3 is 10.7 Å². The van der Waals surface area contributed by atoms with Gasteiger partial charge in [-0.25, -0.2) is 36.9 Å². The number of para-hydroxylation sites is 1. The zero-order chi connectivity index (χ0) is 20.9. The van der Waals surface area contributed by atoms with Crippen molar-refractivity contribution < 1.29 is 22.4 Å². The van der Waals surface area contributed by atoms with Crippen LogP contribution in [0.1, 0.15) is 10.5 Å². The van der Waals surface area contributed by atoms with Gasteiger partial charge in [0, 0.05) is 5.56 Å². The molecule has 1 amide bonds. The van der Waals surface area contributed by atoms with E-state index in [1.165, 1.54) is 0 Å². The normalized spacial score (nSPS) is 11.2. The summed E-state index contributed by atoms with van der Waals surface area (Å²) in [6.07, 6.45) is 0. The number of hydrogen-bond donors (Lipinski definition) is 2. The molecular formula is C18H9F4N5O2. The summed E-state index contributed by atoms with van der Waals surface area (Å²) in [5.74, 6) is -5.86. The monoisotopic (exact) mass is 403 g/mol. The van der Waals surface area contributed by atoms with E-state index in [-0.39, 0.29) is 22.6 Å². The number of primary amides is 1. The van der Waals surface area contributed by atoms with Crippen molar-refractivity contribution in [1.82, 2.24) is 19.5 Å². The second-order valence-electron chi connectivity index (χ2n) is 5.92. The highest BCUT2D eigenvalue weighted by Crippen LogP contribution is 2.25. The molecular weight excluding hydrogens is 394 g/mol. The molecule has 2 aromatic carbocycles. The highest BCUT2D eigenvalue weighted by Gasteiger charge is 2.23. The minimum Gasteiger partial charge on any atom is -0.364 e. The van der Waals surface area contributed by atoms with E-state index < -0.39 is 46.2 Å². The van der Waals surface area contributed by atoms with Crippen molar-refractivity contribution >= 4 is 17.1 Å². The zero-order valence-corrected chi connectivity index (χ0v) is 14.2. The first-order chi connectivity index (χ1) is 13.8. The molecule has 29 heavy (non-hydrogen) atoms. The number of nitrogens with zero attached hydrogens (tertiary/aromatic N) is 3. The molecule has 2 heterocycles. The molecule has 0 radical (unpaired) electrons. The molecule has 0 saturated heterocycles. The Labute approximate surface area is 158 Å². The van der Waals surface area contributed by atoms with Crippen molar-refractivity contribution in [2.75, 3.05) is 0 Å². The number of benzene rings is 2. The van der Waals surface area contributed by atoms with Gasteiger partial charge >= 0.3 is 5.69 Å². The predicted octanol–water partition coefficient (Wildman–Crippen LogP) is 2.43. The molecule has 0 spiro atoms. The fourth-order valence-corrected chi connectivity index (χ4v) is 2.84. The lowest BCUT2D eigenvalue weighted by Crippen LogP contribution is -2.18. The number of fused-ring (bicyclic) bond motifs is 1. The topological polar surface area (TPSA) is 107 Å². The number of H-pyrrole nitrogens is 1. The number of carbonyl (C=O) groups is 1. The number of halogens is 4. The standard InChI is InChI=1S/C18H9F4N5O2/c19-8-5-4-7(6-11(8)22)16-24-12(15(23)28)13-17(26-16)27(18(29)25-13)14-9(20)2-1-3-10(14)21/h1-6H,(H2,23,28)(H,25,29). The van der Waals surface area contributed by atoms with E-state index in [0.29, 0.717) is 4.57 Å². The lowest BCUT2D eigenvalue weighted by atomic mass is 10.2. The van der Waals surface area contributed by atoms with Crippen LogP contribution in [0.5, 0.6) is 0 Å². The molecule has 0 saturated carbocycles. The fourth-order valence-electron chi connectivity index (χ4n) is 2.84. The number of nitrogens with one attached hydrogen (secondary N) is 1. The van der Waals surface area contributed by atoms with Crippen LogP contribution < -0.4 is 11.4 Å². The van der Waals surface area contributed by atoms with Gasteiger partial charge in [-0.1, -0.05) is 6.07 Å². The third kappa shape index (κ3) is 2.92. The SMILES string of the molecule is NC(=O)c1nc(-c2ccc(F)c(F)c2)nc2c1[nH]c(=O)n2-c1c(F)cccc1F. The molecule has 11 heteroatoms. The summed E-state index contributed by atoms with van der Waals surface area (Å²) >= 11 is 0. The predicted molar refractivity (Wildman–Crippen MR) is 93.3 cm³/mol. The Hall–Kier alpha value is -4.02. The summed E-state index contributed by atoms with van der Waals surface area (Å²) in [5, 5.41) is 0. The van der Waals surface area contributed by atoms with Gasteiger partial charge in [0.05, 0.1) is 0 Å². The summed E-state index contributed by atoms with van der Waals surface area (Å²) in [6.45, 7) is 0. The molecule has 0 unspecified atom stereocenters. The third-order valence-corrected chi connectivity index (χ3v) is 4.11. The van der Waals surface area contributed by atoms with Gasteiger partial charge in [-0.15, -0.1) is 0 Å². The van der Waals surface area contributed by atoms with E-state index in [0.717, 1.165) is 36.4 Å². The van der Waals surface area contributed by atoms with Crippen molar-refractivity contribution in [1.29, 1.82) is 0 Å². The van der Waals surface area contributed by atoms with Crippen LogP contribution in [0.15, 0.2) is 41.2 Å². The molecule has 4 aromatic rings. The Morgan fingerprint density at radius 3 is 2.28 bits per heavy atom. The van der Waals surface area contributed by atoms with Crippen molar-refractivity contribution in [3.05, 3.63) is 75.8 Å². The van der Waals surface area contributed by atoms with Crippen LogP contribution in [-0.4, -0.2) is 25.4 Å². The number of imidazole rings is 1. The Morgan fingerprint density at radius 1 is 0.966 bits per heavy atom. The van der Waals surface area contributed by atoms with Crippen LogP contribution in [0.25, 0.3) is 28.2 Å². The van der Waals surface area contributed by atoms with Gasteiger partial charge in [0.15, 0.2) is 28.8 Å². The van der Waals surface area contributed by atoms with Gasteiger partial charge in [0.2, 0.25) is 0 Å². The number of aromatic nitrogens is 4. The Morgan fingerprint density at radius 2 is 1.66 bits per heavy atom. The Kier molecular flexibility index (Phi) is 4.14. The van der Waals surface area contributed by atoms with Crippen LogP contribution >= 0.6 is 0 Å². The summed E-state index contributed by atoms with van der Waals surface area (Å²) < 4.78 is 55.9. The summed E-state index contributed by atoms with van der Waals surface area (Å²) in [5.41, 5.74) is 2.38. The van der Waals surface area contributed by atoms with E-state index in [9.17, 15) is 27.2 Å². The first-order valence-electron chi connectivity index (χ1n) is 8.00. The van der Waals surface area contributed by atoms with Crippen molar-refractivity contribution in [3.63, 3.8) is 0 Å². The molecule has 0 aliphatic carbocycles. The largest absolute Gasteiger partial charge is 0.364 e. The summed E-state index contributed by atoms with van der Waals surface area (Å²) in [7, 11) is 0. The summed E-state index contributed by atoms with van der Waals surface area (Å²) in [6, 6.07) is 5.66. The first kappa shape index (κ1) is 18.3. The zero-order valence-electron chi connectivity index (χ0n) is 14.2. The number of hydrogen-bond acceptors (Lipinski definition) is 4. The Balaban J connectivity index is 2.11. The molecule has 146 valence electrons. The van der Waals surface area contributed by atoms with Crippen LogP contribution in [-0.2, 0) is 0 Å². The minimum absolute atomic E-state index is 0.0532. The second-order valence-corrected chi connectivity index (χ2v) is 5.92. The maximum atomic E-state index is 14.3. The molecule has 0 fully saturated rings. The van der Waals surface area contributed by atoms with E-state index >= 15 is 0 Å². The number of amides is 1. The molecule has 0 atom stereocenters. The van der Waals surface area contributed by atoms with Crippen molar-refractivity contribution in [2.45, 2.75) is 0 Å². The van der Waals surface area contributed by atoms with E-state index in [4.69, 9.17) is 5.73 Å². The molecule has 0 aliphatic heterocycles. The van der Waals surface area contributed by atoms with Crippen LogP contribution in [0.3, 0.4) is 0 Å². The van der Waals surface area contributed by atoms with Gasteiger partial charge in [-0.2, -0.15) is 0 Å². The summed E-state index contributed by atoms with van der Waals surface area (Å²) in [4.78, 5) is 34.4. The third-order valence-electron chi connectivity index (χ3n) is 4.11. The highest BCUT2D eigenvalue weighted by atomic mass is 19.2. The number of aromatic amines is 1. The maximum Gasteiger partial charge on any atom is 0.332 e. The molecule has 0 aliphatic rings. The molecule has 7 nitrogen and oxygen atoms in total. The van der Waals surface area contributed by atoms with Gasteiger partial charge in [-0.3, -0.25) is 4.79 Å². The number of carbonyl (C=O) groups excluding carboxylic acids is 1. The second kappa shape index (κ2) is 6.55. The van der Waals surface area contributed by atoms with Crippen LogP contribution in [0.4, 0.5) is 17.6 Å². The van der Waals surface area contributed by atoms with Crippen LogP contribution in [0.2, 0.25) is 0 Å². The smallest absolute Gasteiger partial charge is 0.332 e. The average Bonchev–Trinajstić information content (AvgIpc) is 2.99. The molecule has 4 rings (SSSR count). The minimum atomic E-state index is -1.21. The Bertz CT molecular complexity index is 1340. The van der Waals surface area contributed by atoms with E-state index in [1.54, 1.807) is 0 Å². The van der Waals surface area contributed by atoms with E-state index in [2.05, 4.69) is 15.0 Å². The van der Waals surface area contributed by atoms with Crippen molar-refractivity contribution in [2.24, 2.45) is 5.73 Å². The quantitative estimate of drug-likeness (QED) is 0.513. The van der Waals surface area contributed by atoms with Gasteiger partial charge in [-0.05, 0) is 30.3 Å². The molecule has 2 aromatic heterocycles. The molecule has 0 bridgehead atoms. The van der Waals surface area contributed by atoms with Gasteiger partial charge in [0.1, 0.15) is 22.8 Å². The number of rotatable bonds is 3. The van der Waals surface area contributed by atoms with Gasteiger partial charge in [0.25, 0.3) is 5.91 Å². The molecule has 3 N–H and O–H groups in total. The van der Waals surface area contributed by atoms with Crippen LogP contribution in [0, 0.1) is 23.3 Å². The fraction of sp³-hybridized carbons (Fsp3) is 0. The lowest BCUT2D eigenvalue weighted by molar-refractivity contribution is 0.0997. The van der Waals surface area contributed by atoms with E-state index in [1.807, 2.05) is 0 Å². The lowest BCUT2D eigenvalue weighted by Gasteiger charge is -2.08.